The predicted octanol–water partition coefficient (Wildman–Crippen LogP) is 2.28. The summed E-state index contributed by atoms with van der Waals surface area (Å²) in [6.45, 7) is 2.31. The Morgan fingerprint density at radius 2 is 1.79 bits per heavy atom. The van der Waals surface area contributed by atoms with E-state index in [0.29, 0.717) is 31.0 Å². The van der Waals surface area contributed by atoms with Crippen molar-refractivity contribution in [2.45, 2.75) is 69.2 Å². The molecule has 2 aliphatic heterocycles. The van der Waals surface area contributed by atoms with E-state index < -0.39 is 6.10 Å². The third-order valence-electron chi connectivity index (χ3n) is 6.29. The standard InChI is InChI=1S/C22H33N3O4/c26-18(21-15-28-19-8-4-5-9-20(19)29-21)14-23-16-10-12-25(13-11-16)22(27)24-17-6-2-1-3-7-17/h4-5,8-9,16-18,21,23,26H,1-3,6-7,10-15H2,(H,24,27). The molecule has 7 heteroatoms. The summed E-state index contributed by atoms with van der Waals surface area (Å²) in [4.78, 5) is 14.4. The minimum absolute atomic E-state index is 0.0850. The van der Waals surface area contributed by atoms with Crippen LogP contribution in [0.5, 0.6) is 11.5 Å². The van der Waals surface area contributed by atoms with Gasteiger partial charge in [-0.1, -0.05) is 31.4 Å². The maximum absolute atomic E-state index is 12.5. The van der Waals surface area contributed by atoms with Crippen molar-refractivity contribution < 1.29 is 19.4 Å². The van der Waals surface area contributed by atoms with Crippen LogP contribution in [0.4, 0.5) is 4.79 Å². The highest BCUT2D eigenvalue weighted by Crippen LogP contribution is 2.31. The Bertz CT molecular complexity index is 672. The molecule has 0 spiro atoms. The summed E-state index contributed by atoms with van der Waals surface area (Å²) in [5, 5.41) is 17.2. The van der Waals surface area contributed by atoms with Crippen LogP contribution < -0.4 is 20.1 Å². The Hall–Kier alpha value is -1.99. The quantitative estimate of drug-likeness (QED) is 0.703. The van der Waals surface area contributed by atoms with Gasteiger partial charge in [0.15, 0.2) is 17.6 Å². The Morgan fingerprint density at radius 3 is 2.55 bits per heavy atom. The van der Waals surface area contributed by atoms with Crippen molar-refractivity contribution in [3.05, 3.63) is 24.3 Å². The van der Waals surface area contributed by atoms with E-state index in [2.05, 4.69) is 10.6 Å². The number of aliphatic hydroxyl groups is 1. The average Bonchev–Trinajstić information content (AvgIpc) is 2.78. The van der Waals surface area contributed by atoms with E-state index in [1.807, 2.05) is 29.2 Å². The fourth-order valence-corrected chi connectivity index (χ4v) is 4.44. The molecule has 3 aliphatic rings. The Kier molecular flexibility index (Phi) is 6.77. The van der Waals surface area contributed by atoms with Crippen LogP contribution in [0.25, 0.3) is 0 Å². The van der Waals surface area contributed by atoms with Crippen LogP contribution in [0.3, 0.4) is 0 Å². The largest absolute Gasteiger partial charge is 0.486 e. The maximum atomic E-state index is 12.5. The van der Waals surface area contributed by atoms with Crippen molar-refractivity contribution in [1.29, 1.82) is 0 Å². The van der Waals surface area contributed by atoms with Crippen LogP contribution in [-0.4, -0.2) is 66.6 Å². The summed E-state index contributed by atoms with van der Waals surface area (Å²) in [6.07, 6.45) is 6.74. The van der Waals surface area contributed by atoms with E-state index >= 15 is 0 Å². The zero-order valence-electron chi connectivity index (χ0n) is 17.0. The zero-order valence-corrected chi connectivity index (χ0v) is 17.0. The number of likely N-dealkylation sites (tertiary alicyclic amines) is 1. The first kappa shape index (κ1) is 20.3. The molecule has 160 valence electrons. The van der Waals surface area contributed by atoms with E-state index in [1.165, 1.54) is 19.3 Å². The molecular weight excluding hydrogens is 370 g/mol. The molecule has 0 radical (unpaired) electrons. The van der Waals surface area contributed by atoms with Crippen LogP contribution in [0.2, 0.25) is 0 Å². The number of nitrogens with one attached hydrogen (secondary N) is 2. The van der Waals surface area contributed by atoms with Crippen LogP contribution in [-0.2, 0) is 0 Å². The highest BCUT2D eigenvalue weighted by atomic mass is 16.6. The first-order valence-corrected chi connectivity index (χ1v) is 11.0. The van der Waals surface area contributed by atoms with Gasteiger partial charge in [-0.25, -0.2) is 4.79 Å². The molecule has 1 aromatic rings. The number of fused-ring (bicyclic) bond motifs is 1. The maximum Gasteiger partial charge on any atom is 0.317 e. The van der Waals surface area contributed by atoms with Crippen molar-refractivity contribution in [2.75, 3.05) is 26.2 Å². The number of amides is 2. The van der Waals surface area contributed by atoms with Crippen LogP contribution >= 0.6 is 0 Å². The number of hydrogen-bond donors (Lipinski definition) is 3. The minimum Gasteiger partial charge on any atom is -0.486 e. The van der Waals surface area contributed by atoms with Crippen LogP contribution in [0, 0.1) is 0 Å². The summed E-state index contributed by atoms with van der Waals surface area (Å²) in [5.41, 5.74) is 0. The van der Waals surface area contributed by atoms with Gasteiger partial charge in [-0.15, -0.1) is 0 Å². The molecule has 3 N–H and O–H groups in total. The van der Waals surface area contributed by atoms with Crippen molar-refractivity contribution in [2.24, 2.45) is 0 Å². The second kappa shape index (κ2) is 9.67. The number of carbonyl (C=O) groups excluding carboxylic acids is 1. The van der Waals surface area contributed by atoms with E-state index in [0.717, 1.165) is 44.5 Å². The molecule has 2 atom stereocenters. The lowest BCUT2D eigenvalue weighted by Gasteiger charge is -2.35. The van der Waals surface area contributed by atoms with Gasteiger partial charge in [0.2, 0.25) is 0 Å². The molecule has 0 aromatic heterocycles. The van der Waals surface area contributed by atoms with Crippen molar-refractivity contribution in [3.63, 3.8) is 0 Å². The number of nitrogens with zero attached hydrogens (tertiary/aromatic N) is 1. The number of ether oxygens (including phenoxy) is 2. The topological polar surface area (TPSA) is 83.1 Å². The number of rotatable bonds is 5. The Balaban J connectivity index is 1.16. The molecule has 29 heavy (non-hydrogen) atoms. The number of hydrogen-bond acceptors (Lipinski definition) is 5. The lowest BCUT2D eigenvalue weighted by atomic mass is 9.95. The second-order valence-electron chi connectivity index (χ2n) is 8.44. The van der Waals surface area contributed by atoms with Gasteiger partial charge < -0.3 is 30.1 Å². The number of aliphatic hydroxyl groups excluding tert-OH is 1. The number of piperidine rings is 1. The molecule has 1 saturated heterocycles. The number of benzene rings is 1. The SMILES string of the molecule is O=C(NC1CCCCC1)N1CCC(NCC(O)C2COc3ccccc3O2)CC1. The average molecular weight is 404 g/mol. The monoisotopic (exact) mass is 403 g/mol. The van der Waals surface area contributed by atoms with Crippen molar-refractivity contribution in [3.8, 4) is 11.5 Å². The highest BCUT2D eigenvalue weighted by Gasteiger charge is 2.29. The molecule has 7 nitrogen and oxygen atoms in total. The highest BCUT2D eigenvalue weighted by molar-refractivity contribution is 5.74. The van der Waals surface area contributed by atoms with E-state index in [9.17, 15) is 9.90 Å². The first-order valence-electron chi connectivity index (χ1n) is 11.0. The third-order valence-corrected chi connectivity index (χ3v) is 6.29. The predicted molar refractivity (Wildman–Crippen MR) is 110 cm³/mol. The van der Waals surface area contributed by atoms with Crippen molar-refractivity contribution >= 4 is 6.03 Å². The van der Waals surface area contributed by atoms with Gasteiger partial charge in [0.25, 0.3) is 0 Å². The molecule has 2 amide bonds. The summed E-state index contributed by atoms with van der Waals surface area (Å²) in [5.74, 6) is 1.41. The van der Waals surface area contributed by atoms with E-state index in [-0.39, 0.29) is 12.1 Å². The van der Waals surface area contributed by atoms with Gasteiger partial charge in [-0.3, -0.25) is 0 Å². The number of para-hydroxylation sites is 2. The van der Waals surface area contributed by atoms with Gasteiger partial charge in [0, 0.05) is 31.7 Å². The normalized spacial score (nSPS) is 24.2. The fraction of sp³-hybridized carbons (Fsp3) is 0.682. The number of urea groups is 1. The molecule has 0 bridgehead atoms. The van der Waals surface area contributed by atoms with Crippen LogP contribution in [0.1, 0.15) is 44.9 Å². The molecule has 1 aliphatic carbocycles. The van der Waals surface area contributed by atoms with E-state index in [1.54, 1.807) is 0 Å². The summed E-state index contributed by atoms with van der Waals surface area (Å²) >= 11 is 0. The Morgan fingerprint density at radius 1 is 1.07 bits per heavy atom. The molecule has 2 unspecified atom stereocenters. The zero-order chi connectivity index (χ0) is 20.1. The molecule has 4 rings (SSSR count). The summed E-state index contributed by atoms with van der Waals surface area (Å²) < 4.78 is 11.6. The minimum atomic E-state index is -0.643. The number of carbonyl (C=O) groups is 1. The van der Waals surface area contributed by atoms with Crippen LogP contribution in [0.15, 0.2) is 24.3 Å². The summed E-state index contributed by atoms with van der Waals surface area (Å²) in [7, 11) is 0. The van der Waals surface area contributed by atoms with Gasteiger partial charge in [-0.2, -0.15) is 0 Å². The molecule has 1 aromatic carbocycles. The molecular formula is C22H33N3O4. The molecule has 2 fully saturated rings. The lowest BCUT2D eigenvalue weighted by Crippen LogP contribution is -2.52. The molecule has 1 saturated carbocycles. The van der Waals surface area contributed by atoms with Gasteiger partial charge in [0.05, 0.1) is 0 Å². The summed E-state index contributed by atoms with van der Waals surface area (Å²) in [6, 6.07) is 8.27. The lowest BCUT2D eigenvalue weighted by molar-refractivity contribution is -0.0108. The fourth-order valence-electron chi connectivity index (χ4n) is 4.44. The smallest absolute Gasteiger partial charge is 0.317 e. The van der Waals surface area contributed by atoms with Gasteiger partial charge in [-0.05, 0) is 37.8 Å². The second-order valence-corrected chi connectivity index (χ2v) is 8.44. The van der Waals surface area contributed by atoms with Gasteiger partial charge in [0.1, 0.15) is 12.7 Å². The third kappa shape index (κ3) is 5.34. The Labute approximate surface area is 172 Å². The van der Waals surface area contributed by atoms with Crippen molar-refractivity contribution in [1.82, 2.24) is 15.5 Å². The molecule has 2 heterocycles. The first-order chi connectivity index (χ1) is 14.2. The van der Waals surface area contributed by atoms with Gasteiger partial charge >= 0.3 is 6.03 Å². The van der Waals surface area contributed by atoms with E-state index in [4.69, 9.17) is 9.47 Å².